The van der Waals surface area contributed by atoms with Crippen LogP contribution in [0.2, 0.25) is 0 Å². The Morgan fingerprint density at radius 2 is 1.89 bits per heavy atom. The average Bonchev–Trinajstić information content (AvgIpc) is 3.15. The third kappa shape index (κ3) is 6.11. The van der Waals surface area contributed by atoms with Gasteiger partial charge >= 0.3 is 0 Å². The van der Waals surface area contributed by atoms with Gasteiger partial charge in [-0.3, -0.25) is 9.59 Å². The monoisotopic (exact) mass is 395 g/mol. The number of carbonyl (C=O) groups is 2. The number of anilines is 2. The second kappa shape index (κ2) is 10.5. The number of ether oxygens (including phenoxy) is 1. The predicted molar refractivity (Wildman–Crippen MR) is 110 cm³/mol. The van der Waals surface area contributed by atoms with E-state index < -0.39 is 0 Å². The van der Waals surface area contributed by atoms with Gasteiger partial charge in [-0.15, -0.1) is 12.4 Å². The van der Waals surface area contributed by atoms with Gasteiger partial charge in [-0.2, -0.15) is 0 Å². The zero-order valence-electron chi connectivity index (χ0n) is 15.9. The molecule has 3 rings (SSSR count). The Morgan fingerprint density at radius 1 is 1.11 bits per heavy atom. The summed E-state index contributed by atoms with van der Waals surface area (Å²) in [4.78, 5) is 24.8. The molecule has 0 aromatic heterocycles. The van der Waals surface area contributed by atoms with Gasteiger partial charge in [-0.05, 0) is 50.4 Å². The summed E-state index contributed by atoms with van der Waals surface area (Å²) >= 11 is 0. The standard InChI is InChI=1S/C20H29N3O3.ClH/c1-26-18-10-9-16(22-19(24)13-15-8-5-11-21-15)12-17(18)23-20(25)14-6-3-2-4-7-14;/h9-10,12,14-15,21H,2-8,11,13H2,1H3,(H,22,24)(H,23,25);1H. The largest absolute Gasteiger partial charge is 0.495 e. The zero-order chi connectivity index (χ0) is 18.4. The molecule has 1 atom stereocenters. The van der Waals surface area contributed by atoms with E-state index in [-0.39, 0.29) is 36.2 Å². The maximum atomic E-state index is 12.5. The molecule has 1 saturated heterocycles. The molecule has 0 radical (unpaired) electrons. The Labute approximate surface area is 167 Å². The minimum atomic E-state index is -0.0147. The third-order valence-corrected chi connectivity index (χ3v) is 5.31. The van der Waals surface area contributed by atoms with Gasteiger partial charge in [0.2, 0.25) is 11.8 Å². The second-order valence-electron chi connectivity index (χ2n) is 7.28. The number of hydrogen-bond acceptors (Lipinski definition) is 4. The van der Waals surface area contributed by atoms with Gasteiger partial charge in [-0.1, -0.05) is 19.3 Å². The lowest BCUT2D eigenvalue weighted by atomic mass is 9.88. The summed E-state index contributed by atoms with van der Waals surface area (Å²) in [5.74, 6) is 0.700. The van der Waals surface area contributed by atoms with Crippen molar-refractivity contribution in [1.29, 1.82) is 0 Å². The van der Waals surface area contributed by atoms with E-state index >= 15 is 0 Å². The number of methoxy groups -OCH3 is 1. The van der Waals surface area contributed by atoms with Crippen LogP contribution < -0.4 is 20.7 Å². The molecule has 0 bridgehead atoms. The van der Waals surface area contributed by atoms with Gasteiger partial charge in [0.1, 0.15) is 5.75 Å². The Hall–Kier alpha value is -1.79. The van der Waals surface area contributed by atoms with E-state index in [1.165, 1.54) is 6.42 Å². The van der Waals surface area contributed by atoms with Crippen LogP contribution in [0.5, 0.6) is 5.75 Å². The smallest absolute Gasteiger partial charge is 0.227 e. The fraction of sp³-hybridized carbons (Fsp3) is 0.600. The normalized spacial score (nSPS) is 19.8. The van der Waals surface area contributed by atoms with E-state index in [1.54, 1.807) is 25.3 Å². The van der Waals surface area contributed by atoms with Crippen molar-refractivity contribution in [3.63, 3.8) is 0 Å². The number of halogens is 1. The van der Waals surface area contributed by atoms with Crippen molar-refractivity contribution in [2.45, 2.75) is 57.4 Å². The highest BCUT2D eigenvalue weighted by Crippen LogP contribution is 2.30. The van der Waals surface area contributed by atoms with Crippen LogP contribution in [0.4, 0.5) is 11.4 Å². The van der Waals surface area contributed by atoms with Crippen LogP contribution in [0.15, 0.2) is 18.2 Å². The first-order valence-electron chi connectivity index (χ1n) is 9.68. The maximum absolute atomic E-state index is 12.5. The topological polar surface area (TPSA) is 79.5 Å². The minimum Gasteiger partial charge on any atom is -0.495 e. The Kier molecular flexibility index (Phi) is 8.38. The van der Waals surface area contributed by atoms with E-state index in [0.717, 1.165) is 45.1 Å². The molecule has 1 aromatic rings. The highest BCUT2D eigenvalue weighted by Gasteiger charge is 2.22. The van der Waals surface area contributed by atoms with E-state index in [0.29, 0.717) is 23.5 Å². The molecule has 1 unspecified atom stereocenters. The predicted octanol–water partition coefficient (Wildman–Crippen LogP) is 3.72. The van der Waals surface area contributed by atoms with Crippen LogP contribution in [-0.4, -0.2) is 31.5 Å². The molecule has 27 heavy (non-hydrogen) atoms. The number of amides is 2. The summed E-state index contributed by atoms with van der Waals surface area (Å²) in [6, 6.07) is 5.62. The van der Waals surface area contributed by atoms with Gasteiger partial charge in [0.15, 0.2) is 0 Å². The molecule has 1 aromatic carbocycles. The first kappa shape index (κ1) is 21.5. The molecular formula is C20H30ClN3O3. The van der Waals surface area contributed by atoms with Crippen molar-refractivity contribution in [1.82, 2.24) is 5.32 Å². The van der Waals surface area contributed by atoms with Crippen molar-refractivity contribution >= 4 is 35.6 Å². The molecular weight excluding hydrogens is 366 g/mol. The number of carbonyl (C=O) groups excluding carboxylic acids is 2. The number of benzene rings is 1. The second-order valence-corrected chi connectivity index (χ2v) is 7.28. The third-order valence-electron chi connectivity index (χ3n) is 5.31. The summed E-state index contributed by atoms with van der Waals surface area (Å²) in [7, 11) is 1.58. The first-order chi connectivity index (χ1) is 12.7. The molecule has 7 heteroatoms. The van der Waals surface area contributed by atoms with Crippen LogP contribution in [0.1, 0.15) is 51.4 Å². The lowest BCUT2D eigenvalue weighted by Crippen LogP contribution is -2.27. The lowest BCUT2D eigenvalue weighted by Gasteiger charge is -2.21. The molecule has 1 saturated carbocycles. The van der Waals surface area contributed by atoms with Gasteiger partial charge in [0.25, 0.3) is 0 Å². The maximum Gasteiger partial charge on any atom is 0.227 e. The molecule has 1 heterocycles. The zero-order valence-corrected chi connectivity index (χ0v) is 16.7. The van der Waals surface area contributed by atoms with Crippen LogP contribution >= 0.6 is 12.4 Å². The van der Waals surface area contributed by atoms with Crippen LogP contribution in [0.3, 0.4) is 0 Å². The summed E-state index contributed by atoms with van der Waals surface area (Å²) in [6.07, 6.45) is 7.95. The Balaban J connectivity index is 0.00000261. The molecule has 150 valence electrons. The molecule has 1 aliphatic carbocycles. The molecule has 2 fully saturated rings. The van der Waals surface area contributed by atoms with Crippen molar-refractivity contribution in [2.24, 2.45) is 5.92 Å². The molecule has 6 nitrogen and oxygen atoms in total. The fourth-order valence-corrected chi connectivity index (χ4v) is 3.85. The SMILES string of the molecule is COc1ccc(NC(=O)CC2CCCN2)cc1NC(=O)C1CCCCC1.Cl. The summed E-state index contributed by atoms with van der Waals surface area (Å²) < 4.78 is 5.36. The van der Waals surface area contributed by atoms with Gasteiger partial charge < -0.3 is 20.7 Å². The number of rotatable bonds is 6. The quantitative estimate of drug-likeness (QED) is 0.685. The molecule has 2 amide bonds. The summed E-state index contributed by atoms with van der Waals surface area (Å²) in [5, 5.41) is 9.25. The average molecular weight is 396 g/mol. The highest BCUT2D eigenvalue weighted by atomic mass is 35.5. The van der Waals surface area contributed by atoms with Crippen molar-refractivity contribution in [3.8, 4) is 5.75 Å². The molecule has 1 aliphatic heterocycles. The Morgan fingerprint density at radius 3 is 2.56 bits per heavy atom. The summed E-state index contributed by atoms with van der Waals surface area (Å²) in [6.45, 7) is 0.984. The van der Waals surface area contributed by atoms with E-state index in [2.05, 4.69) is 16.0 Å². The first-order valence-corrected chi connectivity index (χ1v) is 9.68. The fourth-order valence-electron chi connectivity index (χ4n) is 3.85. The van der Waals surface area contributed by atoms with Crippen LogP contribution in [0.25, 0.3) is 0 Å². The van der Waals surface area contributed by atoms with Gasteiger partial charge in [-0.25, -0.2) is 0 Å². The lowest BCUT2D eigenvalue weighted by molar-refractivity contribution is -0.120. The minimum absolute atomic E-state index is 0. The van der Waals surface area contributed by atoms with Crippen molar-refractivity contribution in [3.05, 3.63) is 18.2 Å². The van der Waals surface area contributed by atoms with Gasteiger partial charge in [0.05, 0.1) is 12.8 Å². The van der Waals surface area contributed by atoms with E-state index in [9.17, 15) is 9.59 Å². The Bertz CT molecular complexity index is 641. The van der Waals surface area contributed by atoms with Crippen LogP contribution in [-0.2, 0) is 9.59 Å². The van der Waals surface area contributed by atoms with Crippen LogP contribution in [0, 0.1) is 5.92 Å². The van der Waals surface area contributed by atoms with E-state index in [1.807, 2.05) is 0 Å². The molecule has 3 N–H and O–H groups in total. The summed E-state index contributed by atoms with van der Waals surface area (Å²) in [5.41, 5.74) is 1.28. The number of nitrogens with one attached hydrogen (secondary N) is 3. The van der Waals surface area contributed by atoms with Gasteiger partial charge in [0, 0.05) is 24.1 Å². The van der Waals surface area contributed by atoms with Crippen molar-refractivity contribution in [2.75, 3.05) is 24.3 Å². The number of hydrogen-bond donors (Lipinski definition) is 3. The molecule has 2 aliphatic rings. The molecule has 0 spiro atoms. The van der Waals surface area contributed by atoms with E-state index in [4.69, 9.17) is 4.74 Å². The highest BCUT2D eigenvalue weighted by molar-refractivity contribution is 5.96. The van der Waals surface area contributed by atoms with Crippen molar-refractivity contribution < 1.29 is 14.3 Å².